The normalized spacial score (nSPS) is 26.1. The van der Waals surface area contributed by atoms with E-state index in [1.165, 1.54) is 42.2 Å². The van der Waals surface area contributed by atoms with Gasteiger partial charge in [-0.3, -0.25) is 4.67 Å². The molecule has 46 valence electrons. The molecule has 0 aliphatic carbocycles. The van der Waals surface area contributed by atoms with Crippen molar-refractivity contribution in [2.24, 2.45) is 0 Å². The third-order valence-electron chi connectivity index (χ3n) is 1.82. The van der Waals surface area contributed by atoms with Crippen molar-refractivity contribution in [2.75, 3.05) is 13.1 Å². The van der Waals surface area contributed by atoms with Crippen molar-refractivity contribution in [1.82, 2.24) is 4.67 Å². The van der Waals surface area contributed by atoms with Crippen LogP contribution >= 0.6 is 9.39 Å². The summed E-state index contributed by atoms with van der Waals surface area (Å²) in [6, 6.07) is 0. The highest BCUT2D eigenvalue weighted by molar-refractivity contribution is 7.13. The second-order valence-electron chi connectivity index (χ2n) is 2.72. The average Bonchev–Trinajstić information content (AvgIpc) is 1.77. The lowest BCUT2D eigenvalue weighted by atomic mass is 10.2. The van der Waals surface area contributed by atoms with E-state index in [2.05, 4.69) is 14.1 Å². The van der Waals surface area contributed by atoms with E-state index in [1.54, 1.807) is 0 Å². The van der Waals surface area contributed by atoms with Crippen molar-refractivity contribution >= 4 is 25.7 Å². The van der Waals surface area contributed by atoms with E-state index in [-0.39, 0.29) is 0 Å². The zero-order valence-corrected chi connectivity index (χ0v) is 8.59. The molecule has 0 N–H and O–H groups in total. The molecule has 1 saturated heterocycles. The topological polar surface area (TPSA) is 3.24 Å². The summed E-state index contributed by atoms with van der Waals surface area (Å²) >= 11 is 1.41. The lowest BCUT2D eigenvalue weighted by Gasteiger charge is -2.25. The first-order chi connectivity index (χ1) is 3.79. The van der Waals surface area contributed by atoms with Crippen LogP contribution in [0.5, 0.6) is 0 Å². The van der Waals surface area contributed by atoms with Crippen LogP contribution in [0, 0.1) is 0 Å². The van der Waals surface area contributed by atoms with Gasteiger partial charge in [-0.15, -0.1) is 0 Å². The lowest BCUT2D eigenvalue weighted by Crippen LogP contribution is -2.22. The van der Waals surface area contributed by atoms with Crippen LogP contribution < -0.4 is 0 Å². The molecule has 1 rings (SSSR count). The van der Waals surface area contributed by atoms with Gasteiger partial charge in [0.2, 0.25) is 16.3 Å². The summed E-state index contributed by atoms with van der Waals surface area (Å²) in [5.41, 5.74) is 0. The Labute approximate surface area is 61.5 Å². The third-order valence-corrected chi connectivity index (χ3v) is 3.49. The molecule has 1 heterocycles. The number of rotatable bonds is 0. The molecule has 8 heavy (non-hydrogen) atoms. The third kappa shape index (κ3) is 2.04. The van der Waals surface area contributed by atoms with Gasteiger partial charge in [-0.2, -0.15) is 0 Å². The van der Waals surface area contributed by atoms with Gasteiger partial charge in [0.05, 0.1) is 0 Å². The minimum atomic E-state index is 1.10. The Balaban J connectivity index is 2.19. The van der Waals surface area contributed by atoms with Crippen LogP contribution in [0.25, 0.3) is 0 Å². The van der Waals surface area contributed by atoms with Crippen molar-refractivity contribution < 1.29 is 0 Å². The number of hydrogen-bond donors (Lipinski definition) is 0. The molecule has 1 atom stereocenters. The van der Waals surface area contributed by atoms with Crippen LogP contribution in [-0.2, 0) is 0 Å². The molecular formula is C5H13AlNP. The maximum atomic E-state index is 2.77. The summed E-state index contributed by atoms with van der Waals surface area (Å²) in [4.78, 5) is 0. The number of hydrogen-bond acceptors (Lipinski definition) is 1. The molecule has 0 aromatic heterocycles. The Bertz CT molecular complexity index is 60.8. The van der Waals surface area contributed by atoms with Gasteiger partial charge in [0.1, 0.15) is 0 Å². The van der Waals surface area contributed by atoms with Crippen LogP contribution in [0.2, 0.25) is 4.78 Å². The fourth-order valence-corrected chi connectivity index (χ4v) is 1.84. The van der Waals surface area contributed by atoms with Crippen molar-refractivity contribution in [1.29, 1.82) is 0 Å². The fraction of sp³-hybridized carbons (Fsp3) is 1.00. The van der Waals surface area contributed by atoms with Gasteiger partial charge >= 0.3 is 0 Å². The van der Waals surface area contributed by atoms with Crippen LogP contribution in [-0.4, -0.2) is 34.1 Å². The quantitative estimate of drug-likeness (QED) is 0.350. The van der Waals surface area contributed by atoms with Crippen molar-refractivity contribution in [3.63, 3.8) is 0 Å². The molecule has 0 bridgehead atoms. The zero-order chi connectivity index (χ0) is 5.98. The van der Waals surface area contributed by atoms with Gasteiger partial charge < -0.3 is 0 Å². The highest BCUT2D eigenvalue weighted by atomic mass is 31.0. The highest BCUT2D eigenvalue weighted by Gasteiger charge is 2.10. The summed E-state index contributed by atoms with van der Waals surface area (Å²) in [7, 11) is 2.77. The van der Waals surface area contributed by atoms with E-state index in [9.17, 15) is 0 Å². The highest BCUT2D eigenvalue weighted by Crippen LogP contribution is 2.20. The van der Waals surface area contributed by atoms with Gasteiger partial charge in [-0.25, -0.2) is 0 Å². The van der Waals surface area contributed by atoms with Crippen LogP contribution in [0.15, 0.2) is 0 Å². The molecule has 1 aliphatic heterocycles. The van der Waals surface area contributed by atoms with E-state index in [0.717, 1.165) is 4.78 Å². The molecule has 0 aromatic rings. The smallest absolute Gasteiger partial charge is 0.216 e. The first kappa shape index (κ1) is 7.03. The second kappa shape index (κ2) is 3.18. The number of piperidine rings is 1. The molecule has 3 heteroatoms. The molecule has 0 saturated carbocycles. The molecular weight excluding hydrogens is 132 g/mol. The minimum absolute atomic E-state index is 1.10. The summed E-state index contributed by atoms with van der Waals surface area (Å²) in [6.45, 7) is 2.61. The maximum Gasteiger partial charge on any atom is 0.216 e. The van der Waals surface area contributed by atoms with Crippen molar-refractivity contribution in [3.8, 4) is 0 Å². The molecule has 0 radical (unpaired) electrons. The van der Waals surface area contributed by atoms with Gasteiger partial charge in [0.15, 0.2) is 0 Å². The van der Waals surface area contributed by atoms with E-state index in [1.807, 2.05) is 0 Å². The monoisotopic (exact) mass is 145 g/mol. The molecule has 1 aliphatic rings. The first-order valence-corrected chi connectivity index (χ1v) is 4.96. The average molecular weight is 145 g/mol. The molecule has 0 spiro atoms. The Morgan fingerprint density at radius 3 is 2.25 bits per heavy atom. The van der Waals surface area contributed by atoms with Crippen molar-refractivity contribution in [2.45, 2.75) is 17.6 Å². The largest absolute Gasteiger partial charge is 0.287 e. The van der Waals surface area contributed by atoms with Crippen LogP contribution in [0.4, 0.5) is 0 Å². The summed E-state index contributed by atoms with van der Waals surface area (Å²) in [5.74, 6) is 0. The summed E-state index contributed by atoms with van der Waals surface area (Å²) < 4.78 is 3.45. The standard InChI is InChI=1S/C5H11NP.Al.2H/c7-6-4-2-1-3-5-6;;;/h1H,2-5,7H2;;;. The van der Waals surface area contributed by atoms with Crippen LogP contribution in [0.1, 0.15) is 12.8 Å². The molecule has 0 amide bonds. The summed E-state index contributed by atoms with van der Waals surface area (Å²) in [6.07, 6.45) is 2.88. The Morgan fingerprint density at radius 2 is 1.88 bits per heavy atom. The predicted molar refractivity (Wildman–Crippen MR) is 42.8 cm³/mol. The van der Waals surface area contributed by atoms with E-state index in [0.29, 0.717) is 0 Å². The molecule has 1 nitrogen and oxygen atoms in total. The molecule has 0 aromatic carbocycles. The van der Waals surface area contributed by atoms with Gasteiger partial charge in [0.25, 0.3) is 0 Å². The van der Waals surface area contributed by atoms with E-state index < -0.39 is 0 Å². The molecule has 1 unspecified atom stereocenters. The maximum absolute atomic E-state index is 2.77. The van der Waals surface area contributed by atoms with E-state index >= 15 is 0 Å². The van der Waals surface area contributed by atoms with Gasteiger partial charge in [0, 0.05) is 13.1 Å². The predicted octanol–water partition coefficient (Wildman–Crippen LogP) is 0.294. The van der Waals surface area contributed by atoms with Gasteiger partial charge in [-0.1, -0.05) is 14.2 Å². The fourth-order valence-electron chi connectivity index (χ4n) is 1.03. The van der Waals surface area contributed by atoms with Crippen molar-refractivity contribution in [3.05, 3.63) is 0 Å². The summed E-state index contributed by atoms with van der Waals surface area (Å²) in [5, 5.41) is 0. The first-order valence-electron chi connectivity index (χ1n) is 3.28. The zero-order valence-electron chi connectivity index (χ0n) is 5.43. The SMILES string of the molecule is [AlH2][CH]1CCN(P)CC1. The van der Waals surface area contributed by atoms with Gasteiger partial charge in [-0.05, 0) is 12.8 Å². The molecule has 1 fully saturated rings. The Kier molecular flexibility index (Phi) is 2.80. The Hall–Kier alpha value is 0.922. The number of nitrogens with zero attached hydrogens (tertiary/aromatic N) is 1. The second-order valence-corrected chi connectivity index (χ2v) is 5.08. The van der Waals surface area contributed by atoms with Crippen LogP contribution in [0.3, 0.4) is 0 Å². The minimum Gasteiger partial charge on any atom is -0.287 e. The Morgan fingerprint density at radius 1 is 1.38 bits per heavy atom. The lowest BCUT2D eigenvalue weighted by molar-refractivity contribution is 0.380. The van der Waals surface area contributed by atoms with E-state index in [4.69, 9.17) is 0 Å².